The van der Waals surface area contributed by atoms with Crippen molar-refractivity contribution in [2.75, 3.05) is 18.6 Å². The molecule has 3 aromatic rings. The predicted octanol–water partition coefficient (Wildman–Crippen LogP) is 3.82. The van der Waals surface area contributed by atoms with Crippen LogP contribution in [0.3, 0.4) is 0 Å². The Morgan fingerprint density at radius 1 is 1.03 bits per heavy atom. The van der Waals surface area contributed by atoms with Crippen LogP contribution in [0, 0.1) is 13.8 Å². The Labute approximate surface area is 180 Å². The number of nitrogens with zero attached hydrogens (tertiary/aromatic N) is 4. The fourth-order valence-electron chi connectivity index (χ4n) is 3.85. The first kappa shape index (κ1) is 20.3. The molecule has 0 atom stereocenters. The van der Waals surface area contributed by atoms with Crippen molar-refractivity contribution in [3.63, 3.8) is 0 Å². The molecule has 1 amide bonds. The van der Waals surface area contributed by atoms with E-state index in [0.717, 1.165) is 27.5 Å². The Kier molecular flexibility index (Phi) is 5.45. The Morgan fingerprint density at radius 3 is 2.50 bits per heavy atom. The molecule has 0 spiro atoms. The van der Waals surface area contributed by atoms with Gasteiger partial charge in [-0.05, 0) is 44.7 Å². The number of fused-ring (bicyclic) bond motifs is 1. The Morgan fingerprint density at radius 2 is 1.73 bits per heavy atom. The van der Waals surface area contributed by atoms with Crippen LogP contribution in [0.2, 0.25) is 5.02 Å². The zero-order chi connectivity index (χ0) is 21.4. The topological polar surface area (TPSA) is 58.4 Å². The average molecular weight is 423 g/mol. The van der Waals surface area contributed by atoms with Crippen LogP contribution in [0.25, 0.3) is 0 Å². The first-order chi connectivity index (χ1) is 14.4. The number of anilines is 1. The Hall–Kier alpha value is -2.96. The molecule has 154 valence electrons. The zero-order valence-electron chi connectivity index (χ0n) is 17.2. The highest BCUT2D eigenvalue weighted by atomic mass is 35.5. The molecular weight excluding hydrogens is 400 g/mol. The number of halogens is 1. The summed E-state index contributed by atoms with van der Waals surface area (Å²) in [5.41, 5.74) is 5.26. The lowest BCUT2D eigenvalue weighted by Gasteiger charge is -2.24. The summed E-state index contributed by atoms with van der Waals surface area (Å²) in [7, 11) is 1.93. The van der Waals surface area contributed by atoms with Crippen LogP contribution in [-0.4, -0.2) is 40.1 Å². The first-order valence-electron chi connectivity index (χ1n) is 9.77. The van der Waals surface area contributed by atoms with Gasteiger partial charge >= 0.3 is 5.91 Å². The third-order valence-corrected chi connectivity index (χ3v) is 5.87. The summed E-state index contributed by atoms with van der Waals surface area (Å²) in [5, 5.41) is 5.41. The second-order valence-corrected chi connectivity index (χ2v) is 8.04. The first-order valence-corrected chi connectivity index (χ1v) is 10.1. The second-order valence-electron chi connectivity index (χ2n) is 7.63. The number of aromatic nitrogens is 2. The van der Waals surface area contributed by atoms with Crippen molar-refractivity contribution in [3.05, 3.63) is 81.6 Å². The van der Waals surface area contributed by atoms with Crippen LogP contribution in [0.1, 0.15) is 32.9 Å². The van der Waals surface area contributed by atoms with Crippen LogP contribution in [0.4, 0.5) is 5.69 Å². The van der Waals surface area contributed by atoms with Gasteiger partial charge in [-0.15, -0.1) is 0 Å². The van der Waals surface area contributed by atoms with E-state index in [4.69, 9.17) is 16.7 Å². The molecular formula is C23H23ClN4O2. The summed E-state index contributed by atoms with van der Waals surface area (Å²) in [5.74, 6) is -0.926. The van der Waals surface area contributed by atoms with E-state index in [2.05, 4.69) is 0 Å². The largest absolute Gasteiger partial charge is 0.300 e. The van der Waals surface area contributed by atoms with Gasteiger partial charge in [0, 0.05) is 22.8 Å². The van der Waals surface area contributed by atoms with Crippen molar-refractivity contribution < 1.29 is 9.59 Å². The number of rotatable bonds is 6. The van der Waals surface area contributed by atoms with E-state index in [9.17, 15) is 9.59 Å². The predicted molar refractivity (Wildman–Crippen MR) is 117 cm³/mol. The van der Waals surface area contributed by atoms with Gasteiger partial charge in [-0.1, -0.05) is 41.9 Å². The molecule has 0 saturated carbocycles. The maximum absolute atomic E-state index is 12.4. The Balaban J connectivity index is 1.51. The number of benzene rings is 2. The molecule has 1 aliphatic heterocycles. The SMILES string of the molecule is Cc1nn(Cc2ccccc2Cl)c(C)c1CN(C)CN1C(=O)C(=O)c2ccccc21. The van der Waals surface area contributed by atoms with E-state index in [1.165, 1.54) is 4.90 Å². The van der Waals surface area contributed by atoms with E-state index in [1.807, 2.05) is 66.9 Å². The number of ketones is 1. The van der Waals surface area contributed by atoms with Gasteiger partial charge in [0.2, 0.25) is 0 Å². The standard InChI is InChI=1S/C23H23ClN4O2/c1-15-19(16(2)28(25-15)12-17-8-4-6-10-20(17)24)13-26(3)14-27-21-11-7-5-9-18(21)22(29)23(27)30/h4-11H,12-14H2,1-3H3. The molecule has 0 radical (unpaired) electrons. The van der Waals surface area contributed by atoms with Gasteiger partial charge < -0.3 is 0 Å². The summed E-state index contributed by atoms with van der Waals surface area (Å²) in [6.07, 6.45) is 0. The van der Waals surface area contributed by atoms with Gasteiger partial charge in [0.1, 0.15) is 0 Å². The summed E-state index contributed by atoms with van der Waals surface area (Å²) < 4.78 is 1.96. The van der Waals surface area contributed by atoms with Crippen LogP contribution < -0.4 is 4.90 Å². The minimum absolute atomic E-state index is 0.330. The zero-order valence-corrected chi connectivity index (χ0v) is 18.0. The van der Waals surface area contributed by atoms with Gasteiger partial charge in [-0.2, -0.15) is 5.10 Å². The number of aryl methyl sites for hydroxylation is 1. The molecule has 0 fully saturated rings. The summed E-state index contributed by atoms with van der Waals surface area (Å²) in [6, 6.07) is 14.9. The number of hydrogen-bond donors (Lipinski definition) is 0. The maximum Gasteiger partial charge on any atom is 0.300 e. The van der Waals surface area contributed by atoms with Crippen molar-refractivity contribution in [1.29, 1.82) is 0 Å². The summed E-state index contributed by atoms with van der Waals surface area (Å²) in [4.78, 5) is 28.2. The van der Waals surface area contributed by atoms with Crippen LogP contribution in [0.5, 0.6) is 0 Å². The van der Waals surface area contributed by atoms with Gasteiger partial charge in [0.05, 0.1) is 30.2 Å². The lowest BCUT2D eigenvalue weighted by molar-refractivity contribution is -0.114. The molecule has 0 N–H and O–H groups in total. The average Bonchev–Trinajstić information content (AvgIpc) is 3.13. The van der Waals surface area contributed by atoms with Gasteiger partial charge in [0.15, 0.2) is 0 Å². The van der Waals surface area contributed by atoms with Crippen LogP contribution in [0.15, 0.2) is 48.5 Å². The highest BCUT2D eigenvalue weighted by Crippen LogP contribution is 2.29. The molecule has 30 heavy (non-hydrogen) atoms. The lowest BCUT2D eigenvalue weighted by Crippen LogP contribution is -2.39. The fraction of sp³-hybridized carbons (Fsp3) is 0.261. The normalized spacial score (nSPS) is 13.4. The molecule has 4 rings (SSSR count). The highest BCUT2D eigenvalue weighted by molar-refractivity contribution is 6.52. The van der Waals surface area contributed by atoms with Gasteiger partial charge in [-0.25, -0.2) is 0 Å². The summed E-state index contributed by atoms with van der Waals surface area (Å²) >= 11 is 6.30. The van der Waals surface area contributed by atoms with Crippen molar-refractivity contribution in [3.8, 4) is 0 Å². The molecule has 0 bridgehead atoms. The third-order valence-electron chi connectivity index (χ3n) is 5.50. The van der Waals surface area contributed by atoms with Gasteiger partial charge in [-0.3, -0.25) is 24.1 Å². The number of para-hydroxylation sites is 1. The minimum atomic E-state index is -0.481. The molecule has 2 aromatic carbocycles. The van der Waals surface area contributed by atoms with Crippen molar-refractivity contribution in [2.24, 2.45) is 0 Å². The smallest absolute Gasteiger partial charge is 0.291 e. The van der Waals surface area contributed by atoms with E-state index >= 15 is 0 Å². The lowest BCUT2D eigenvalue weighted by atomic mass is 10.1. The molecule has 6 nitrogen and oxygen atoms in total. The van der Waals surface area contributed by atoms with Crippen LogP contribution >= 0.6 is 11.6 Å². The van der Waals surface area contributed by atoms with Crippen molar-refractivity contribution in [2.45, 2.75) is 26.9 Å². The van der Waals surface area contributed by atoms with Crippen molar-refractivity contribution >= 4 is 29.0 Å². The molecule has 2 heterocycles. The third kappa shape index (κ3) is 3.64. The van der Waals surface area contributed by atoms with E-state index in [1.54, 1.807) is 12.1 Å². The molecule has 1 aliphatic rings. The van der Waals surface area contributed by atoms with E-state index in [-0.39, 0.29) is 0 Å². The number of carbonyl (C=O) groups is 2. The fourth-order valence-corrected chi connectivity index (χ4v) is 4.05. The highest BCUT2D eigenvalue weighted by Gasteiger charge is 2.35. The quantitative estimate of drug-likeness (QED) is 0.566. The van der Waals surface area contributed by atoms with Gasteiger partial charge in [0.25, 0.3) is 5.78 Å². The van der Waals surface area contributed by atoms with Crippen LogP contribution in [-0.2, 0) is 17.9 Å². The number of Topliss-reactive ketones (excluding diaryl/α,β-unsaturated/α-hetero) is 1. The molecule has 0 saturated heterocycles. The van der Waals surface area contributed by atoms with Crippen molar-refractivity contribution in [1.82, 2.24) is 14.7 Å². The molecule has 1 aromatic heterocycles. The molecule has 7 heteroatoms. The minimum Gasteiger partial charge on any atom is -0.291 e. The monoisotopic (exact) mass is 422 g/mol. The molecule has 0 aliphatic carbocycles. The second kappa shape index (κ2) is 8.05. The summed E-state index contributed by atoms with van der Waals surface area (Å²) in [6.45, 7) is 5.57. The van der Waals surface area contributed by atoms with E-state index in [0.29, 0.717) is 31.0 Å². The number of hydrogen-bond acceptors (Lipinski definition) is 4. The molecule has 0 unspecified atom stereocenters. The maximum atomic E-state index is 12.4. The van der Waals surface area contributed by atoms with E-state index < -0.39 is 11.7 Å². The number of amides is 1. The number of carbonyl (C=O) groups excluding carboxylic acids is 2. The Bertz CT molecular complexity index is 1140.